The Bertz CT molecular complexity index is 842. The van der Waals surface area contributed by atoms with Crippen molar-refractivity contribution in [1.29, 1.82) is 0 Å². The summed E-state index contributed by atoms with van der Waals surface area (Å²) in [4.78, 5) is 21.4. The SMILES string of the molecule is Cc1nc2nc(C)c(CCC(=O)N[C@H](C)[C@H]3C[C@H]4CC[C@H]3C4)c(C)n2n1. The van der Waals surface area contributed by atoms with E-state index in [4.69, 9.17) is 0 Å². The first-order valence-electron chi connectivity index (χ1n) is 9.91. The molecule has 26 heavy (non-hydrogen) atoms. The van der Waals surface area contributed by atoms with Crippen LogP contribution < -0.4 is 5.32 Å². The van der Waals surface area contributed by atoms with Gasteiger partial charge in [-0.2, -0.15) is 10.1 Å². The van der Waals surface area contributed by atoms with Crippen molar-refractivity contribution in [2.24, 2.45) is 17.8 Å². The molecule has 2 aliphatic rings. The zero-order valence-corrected chi connectivity index (χ0v) is 16.2. The van der Waals surface area contributed by atoms with Crippen LogP contribution >= 0.6 is 0 Å². The third kappa shape index (κ3) is 3.10. The van der Waals surface area contributed by atoms with Crippen molar-refractivity contribution in [3.63, 3.8) is 0 Å². The molecule has 2 heterocycles. The molecule has 140 valence electrons. The van der Waals surface area contributed by atoms with Crippen LogP contribution in [-0.2, 0) is 11.2 Å². The summed E-state index contributed by atoms with van der Waals surface area (Å²) in [6.45, 7) is 8.07. The van der Waals surface area contributed by atoms with E-state index in [0.717, 1.165) is 34.6 Å². The summed E-state index contributed by atoms with van der Waals surface area (Å²) in [5.74, 6) is 3.93. The van der Waals surface area contributed by atoms with E-state index in [2.05, 4.69) is 27.3 Å². The van der Waals surface area contributed by atoms with E-state index < -0.39 is 0 Å². The number of aryl methyl sites for hydroxylation is 3. The van der Waals surface area contributed by atoms with E-state index in [1.54, 1.807) is 4.52 Å². The minimum Gasteiger partial charge on any atom is -0.353 e. The van der Waals surface area contributed by atoms with Crippen molar-refractivity contribution >= 4 is 11.7 Å². The molecule has 6 heteroatoms. The standard InChI is InChI=1S/C20H29N5O/c1-11-17(13(3)25-20(22-11)23-14(4)24-25)7-8-19(26)21-12(2)18-10-15-5-6-16(18)9-15/h12,15-16,18H,5-10H2,1-4H3,(H,21,26)/t12-,15+,16+,18-/m1/s1. The monoisotopic (exact) mass is 355 g/mol. The van der Waals surface area contributed by atoms with Gasteiger partial charge in [0.1, 0.15) is 5.82 Å². The molecule has 2 bridgehead atoms. The van der Waals surface area contributed by atoms with E-state index in [9.17, 15) is 4.79 Å². The van der Waals surface area contributed by atoms with Gasteiger partial charge in [0, 0.05) is 23.9 Å². The van der Waals surface area contributed by atoms with E-state index >= 15 is 0 Å². The lowest BCUT2D eigenvalue weighted by Crippen LogP contribution is -2.40. The molecule has 2 aromatic rings. The van der Waals surface area contributed by atoms with Crippen LogP contribution in [-0.4, -0.2) is 31.5 Å². The zero-order chi connectivity index (χ0) is 18.4. The van der Waals surface area contributed by atoms with Gasteiger partial charge in [0.2, 0.25) is 5.91 Å². The Morgan fingerprint density at radius 2 is 2.04 bits per heavy atom. The first-order chi connectivity index (χ1) is 12.4. The number of nitrogens with zero attached hydrogens (tertiary/aromatic N) is 4. The molecule has 0 spiro atoms. The third-order valence-electron chi connectivity index (χ3n) is 6.58. The molecule has 2 aromatic heterocycles. The van der Waals surface area contributed by atoms with Crippen LogP contribution in [0, 0.1) is 38.5 Å². The lowest BCUT2D eigenvalue weighted by molar-refractivity contribution is -0.122. The van der Waals surface area contributed by atoms with Crippen molar-refractivity contribution in [3.05, 3.63) is 22.8 Å². The Balaban J connectivity index is 1.39. The minimum atomic E-state index is 0.147. The van der Waals surface area contributed by atoms with Gasteiger partial charge in [0.15, 0.2) is 0 Å². The fourth-order valence-electron chi connectivity index (χ4n) is 5.25. The molecule has 0 aromatic carbocycles. The van der Waals surface area contributed by atoms with E-state index in [1.807, 2.05) is 20.8 Å². The second-order valence-electron chi connectivity index (χ2n) is 8.33. The second kappa shape index (κ2) is 6.63. The summed E-state index contributed by atoms with van der Waals surface area (Å²) in [7, 11) is 0. The van der Waals surface area contributed by atoms with Gasteiger partial charge in [0.05, 0.1) is 0 Å². The van der Waals surface area contributed by atoms with Crippen molar-refractivity contribution in [3.8, 4) is 0 Å². The number of nitrogens with one attached hydrogen (secondary N) is 1. The molecule has 4 atom stereocenters. The van der Waals surface area contributed by atoms with Crippen molar-refractivity contribution < 1.29 is 4.79 Å². The van der Waals surface area contributed by atoms with Crippen LogP contribution in [0.15, 0.2) is 0 Å². The summed E-state index contributed by atoms with van der Waals surface area (Å²) in [6, 6.07) is 0.290. The molecule has 0 aliphatic heterocycles. The lowest BCUT2D eigenvalue weighted by atomic mass is 9.84. The molecule has 2 aliphatic carbocycles. The largest absolute Gasteiger partial charge is 0.353 e. The topological polar surface area (TPSA) is 72.2 Å². The Morgan fingerprint density at radius 1 is 1.23 bits per heavy atom. The molecule has 1 amide bonds. The second-order valence-corrected chi connectivity index (χ2v) is 8.33. The molecule has 1 N–H and O–H groups in total. The Hall–Kier alpha value is -1.98. The molecule has 2 saturated carbocycles. The van der Waals surface area contributed by atoms with Crippen LogP contribution in [0.4, 0.5) is 0 Å². The summed E-state index contributed by atoms with van der Waals surface area (Å²) in [5, 5.41) is 7.67. The van der Waals surface area contributed by atoms with Crippen LogP contribution in [0.1, 0.15) is 61.8 Å². The van der Waals surface area contributed by atoms with E-state index in [0.29, 0.717) is 30.6 Å². The first-order valence-corrected chi connectivity index (χ1v) is 9.91. The summed E-state index contributed by atoms with van der Waals surface area (Å²) < 4.78 is 1.79. The van der Waals surface area contributed by atoms with E-state index in [-0.39, 0.29) is 5.91 Å². The minimum absolute atomic E-state index is 0.147. The molecule has 6 nitrogen and oxygen atoms in total. The van der Waals surface area contributed by atoms with Crippen LogP contribution in [0.25, 0.3) is 5.78 Å². The van der Waals surface area contributed by atoms with Gasteiger partial charge in [-0.15, -0.1) is 0 Å². The summed E-state index contributed by atoms with van der Waals surface area (Å²) in [6.07, 6.45) is 6.62. The number of carbonyl (C=O) groups excluding carboxylic acids is 1. The summed E-state index contributed by atoms with van der Waals surface area (Å²) >= 11 is 0. The fraction of sp³-hybridized carbons (Fsp3) is 0.700. The highest BCUT2D eigenvalue weighted by Crippen LogP contribution is 2.49. The highest BCUT2D eigenvalue weighted by atomic mass is 16.1. The molecular formula is C20H29N5O. The van der Waals surface area contributed by atoms with Gasteiger partial charge in [0.25, 0.3) is 5.78 Å². The van der Waals surface area contributed by atoms with Gasteiger partial charge < -0.3 is 5.32 Å². The normalized spacial score (nSPS) is 25.8. The van der Waals surface area contributed by atoms with Gasteiger partial charge in [-0.1, -0.05) is 6.42 Å². The maximum Gasteiger partial charge on any atom is 0.252 e. The van der Waals surface area contributed by atoms with Gasteiger partial charge >= 0.3 is 0 Å². The number of hydrogen-bond acceptors (Lipinski definition) is 4. The maximum absolute atomic E-state index is 12.5. The van der Waals surface area contributed by atoms with Crippen LogP contribution in [0.2, 0.25) is 0 Å². The van der Waals surface area contributed by atoms with Crippen molar-refractivity contribution in [1.82, 2.24) is 24.9 Å². The van der Waals surface area contributed by atoms with Gasteiger partial charge in [-0.3, -0.25) is 4.79 Å². The quantitative estimate of drug-likeness (QED) is 0.895. The van der Waals surface area contributed by atoms with Gasteiger partial charge in [-0.05, 0) is 76.7 Å². The lowest BCUT2D eigenvalue weighted by Gasteiger charge is -2.28. The zero-order valence-electron chi connectivity index (χ0n) is 16.2. The maximum atomic E-state index is 12.5. The summed E-state index contributed by atoms with van der Waals surface area (Å²) in [5.41, 5.74) is 3.07. The highest BCUT2D eigenvalue weighted by molar-refractivity contribution is 5.76. The van der Waals surface area contributed by atoms with Crippen LogP contribution in [0.3, 0.4) is 0 Å². The number of amides is 1. The number of carbonyl (C=O) groups is 1. The fourth-order valence-corrected chi connectivity index (χ4v) is 5.25. The van der Waals surface area contributed by atoms with Crippen molar-refractivity contribution in [2.45, 2.75) is 72.3 Å². The Morgan fingerprint density at radius 3 is 2.73 bits per heavy atom. The Labute approximate surface area is 154 Å². The number of rotatable bonds is 5. The predicted molar refractivity (Wildman–Crippen MR) is 99.9 cm³/mol. The average molecular weight is 355 g/mol. The molecule has 4 rings (SSSR count). The molecule has 0 radical (unpaired) electrons. The van der Waals surface area contributed by atoms with Crippen LogP contribution in [0.5, 0.6) is 0 Å². The first kappa shape index (κ1) is 17.4. The van der Waals surface area contributed by atoms with E-state index in [1.165, 1.54) is 25.7 Å². The molecule has 0 unspecified atom stereocenters. The number of hydrogen-bond donors (Lipinski definition) is 1. The predicted octanol–water partition coefficient (Wildman–Crippen LogP) is 2.92. The molecule has 0 saturated heterocycles. The smallest absolute Gasteiger partial charge is 0.252 e. The highest BCUT2D eigenvalue weighted by Gasteiger charge is 2.42. The molecular weight excluding hydrogens is 326 g/mol. The Kier molecular flexibility index (Phi) is 4.45. The molecule has 2 fully saturated rings. The van der Waals surface area contributed by atoms with Crippen molar-refractivity contribution in [2.75, 3.05) is 0 Å². The van der Waals surface area contributed by atoms with Gasteiger partial charge in [-0.25, -0.2) is 9.50 Å². The third-order valence-corrected chi connectivity index (χ3v) is 6.58. The number of aromatic nitrogens is 4. The number of fused-ring (bicyclic) bond motifs is 3. The average Bonchev–Trinajstić information content (AvgIpc) is 3.29.